The molecule has 102 valence electrons. The van der Waals surface area contributed by atoms with Gasteiger partial charge in [0.15, 0.2) is 12.4 Å². The summed E-state index contributed by atoms with van der Waals surface area (Å²) in [5, 5.41) is 0.120. The fourth-order valence-electron chi connectivity index (χ4n) is 2.44. The molecule has 1 saturated heterocycles. The largest absolute Gasteiger partial charge is 0.321 e. The molecule has 1 unspecified atom stereocenters. The molecule has 1 atom stereocenters. The number of hydrogen-bond donors (Lipinski definition) is 0. The molecule has 1 amide bonds. The van der Waals surface area contributed by atoms with E-state index < -0.39 is 0 Å². The van der Waals surface area contributed by atoms with E-state index in [2.05, 4.69) is 24.4 Å². The summed E-state index contributed by atoms with van der Waals surface area (Å²) in [6.07, 6.45) is 4.10. The zero-order valence-corrected chi connectivity index (χ0v) is 12.2. The van der Waals surface area contributed by atoms with E-state index >= 15 is 0 Å². The minimum Gasteiger partial charge on any atom is -0.321 e. The summed E-state index contributed by atoms with van der Waals surface area (Å²) in [5.41, 5.74) is 2.36. The van der Waals surface area contributed by atoms with Crippen LogP contribution in [0.2, 0.25) is 0 Å². The van der Waals surface area contributed by atoms with Gasteiger partial charge in [0.1, 0.15) is 12.4 Å². The van der Waals surface area contributed by atoms with E-state index in [0.717, 1.165) is 0 Å². The second kappa shape index (κ2) is 5.67. The van der Waals surface area contributed by atoms with Crippen LogP contribution in [-0.2, 0) is 18.4 Å². The monoisotopic (exact) mass is 285 g/mol. The number of carbonyl (C=O) groups is 1. The zero-order valence-electron chi connectivity index (χ0n) is 11.4. The Morgan fingerprint density at radius 3 is 2.80 bits per heavy atom. The number of thioether (sulfide) groups is 1. The number of nitrogens with zero attached hydrogens (tertiary/aromatic N) is 2. The van der Waals surface area contributed by atoms with Crippen LogP contribution in [0.1, 0.15) is 16.5 Å². The first-order chi connectivity index (χ1) is 9.74. The number of aryl methyl sites for hydroxylation is 1. The second-order valence-electron chi connectivity index (χ2n) is 4.97. The first-order valence-electron chi connectivity index (χ1n) is 6.64. The summed E-state index contributed by atoms with van der Waals surface area (Å²) in [4.78, 5) is 14.1. The third kappa shape index (κ3) is 2.70. The number of rotatable bonds is 3. The Bertz CT molecular complexity index is 615. The summed E-state index contributed by atoms with van der Waals surface area (Å²) in [6.45, 7) is 0.677. The third-order valence-electron chi connectivity index (χ3n) is 3.41. The SMILES string of the molecule is C[n+]1cccc(C2SCC(=O)N2Cc2ccccc2)c1. The van der Waals surface area contributed by atoms with Crippen molar-refractivity contribution < 1.29 is 9.36 Å². The lowest BCUT2D eigenvalue weighted by atomic mass is 10.2. The molecule has 1 aromatic carbocycles. The number of aromatic nitrogens is 1. The topological polar surface area (TPSA) is 24.2 Å². The van der Waals surface area contributed by atoms with Gasteiger partial charge >= 0.3 is 0 Å². The van der Waals surface area contributed by atoms with Crippen molar-refractivity contribution in [2.75, 3.05) is 5.75 Å². The van der Waals surface area contributed by atoms with Crippen molar-refractivity contribution in [2.45, 2.75) is 11.9 Å². The Hall–Kier alpha value is -1.81. The first kappa shape index (κ1) is 13.2. The van der Waals surface area contributed by atoms with Crippen molar-refractivity contribution >= 4 is 17.7 Å². The van der Waals surface area contributed by atoms with Gasteiger partial charge in [-0.05, 0) is 11.6 Å². The molecule has 1 aliphatic heterocycles. The highest BCUT2D eigenvalue weighted by molar-refractivity contribution is 8.00. The molecule has 3 rings (SSSR count). The van der Waals surface area contributed by atoms with E-state index in [9.17, 15) is 4.79 Å². The van der Waals surface area contributed by atoms with Crippen molar-refractivity contribution in [2.24, 2.45) is 7.05 Å². The molecule has 1 aliphatic rings. The van der Waals surface area contributed by atoms with E-state index in [1.807, 2.05) is 47.0 Å². The zero-order chi connectivity index (χ0) is 13.9. The Balaban J connectivity index is 1.85. The lowest BCUT2D eigenvalue weighted by Crippen LogP contribution is -2.31. The molecular weight excluding hydrogens is 268 g/mol. The normalized spacial score (nSPS) is 18.6. The number of hydrogen-bond acceptors (Lipinski definition) is 2. The van der Waals surface area contributed by atoms with Gasteiger partial charge in [0.25, 0.3) is 0 Å². The van der Waals surface area contributed by atoms with Crippen LogP contribution in [0.25, 0.3) is 0 Å². The summed E-state index contributed by atoms with van der Waals surface area (Å²) < 4.78 is 2.03. The van der Waals surface area contributed by atoms with Crippen LogP contribution in [0.4, 0.5) is 0 Å². The van der Waals surface area contributed by atoms with E-state index in [-0.39, 0.29) is 11.3 Å². The van der Waals surface area contributed by atoms with Gasteiger partial charge in [-0.25, -0.2) is 4.57 Å². The van der Waals surface area contributed by atoms with Gasteiger partial charge in [-0.3, -0.25) is 4.79 Å². The van der Waals surface area contributed by atoms with Crippen molar-refractivity contribution in [3.8, 4) is 0 Å². The third-order valence-corrected chi connectivity index (χ3v) is 4.67. The molecule has 0 bridgehead atoms. The maximum Gasteiger partial charge on any atom is 0.234 e. The minimum atomic E-state index is 0.120. The fourth-order valence-corrected chi connectivity index (χ4v) is 3.61. The molecule has 2 heterocycles. The molecular formula is C16H17N2OS+. The van der Waals surface area contributed by atoms with Gasteiger partial charge < -0.3 is 4.90 Å². The lowest BCUT2D eigenvalue weighted by molar-refractivity contribution is -0.672. The second-order valence-corrected chi connectivity index (χ2v) is 6.04. The van der Waals surface area contributed by atoms with Crippen LogP contribution in [0, 0.1) is 0 Å². The van der Waals surface area contributed by atoms with Crippen molar-refractivity contribution in [1.29, 1.82) is 0 Å². The van der Waals surface area contributed by atoms with E-state index in [1.165, 1.54) is 11.1 Å². The number of amides is 1. The van der Waals surface area contributed by atoms with Gasteiger partial charge in [0.05, 0.1) is 5.75 Å². The predicted octanol–water partition coefficient (Wildman–Crippen LogP) is 2.29. The molecule has 1 aromatic heterocycles. The van der Waals surface area contributed by atoms with Crippen molar-refractivity contribution in [1.82, 2.24) is 4.90 Å². The number of benzene rings is 1. The summed E-state index contributed by atoms with van der Waals surface area (Å²) in [6, 6.07) is 14.3. The lowest BCUT2D eigenvalue weighted by Gasteiger charge is -2.23. The number of carbonyl (C=O) groups excluding carboxylic acids is 1. The van der Waals surface area contributed by atoms with Crippen molar-refractivity contribution in [3.63, 3.8) is 0 Å². The van der Waals surface area contributed by atoms with Gasteiger partial charge in [-0.1, -0.05) is 30.3 Å². The molecule has 2 aromatic rings. The first-order valence-corrected chi connectivity index (χ1v) is 7.69. The van der Waals surface area contributed by atoms with Crippen LogP contribution < -0.4 is 4.57 Å². The standard InChI is InChI=1S/C16H17N2OS/c1-17-9-5-8-14(11-17)16-18(15(19)12-20-16)10-13-6-3-2-4-7-13/h2-9,11,16H,10,12H2,1H3/q+1. The van der Waals surface area contributed by atoms with Gasteiger partial charge in [0.2, 0.25) is 5.91 Å². The average molecular weight is 285 g/mol. The van der Waals surface area contributed by atoms with Crippen LogP contribution in [0.15, 0.2) is 54.9 Å². The van der Waals surface area contributed by atoms with Gasteiger partial charge in [0, 0.05) is 18.2 Å². The highest BCUT2D eigenvalue weighted by Crippen LogP contribution is 2.38. The predicted molar refractivity (Wildman–Crippen MR) is 79.8 cm³/mol. The van der Waals surface area contributed by atoms with Crippen molar-refractivity contribution in [3.05, 3.63) is 66.0 Å². The van der Waals surface area contributed by atoms with E-state index in [4.69, 9.17) is 0 Å². The highest BCUT2D eigenvalue weighted by Gasteiger charge is 2.33. The molecule has 4 heteroatoms. The molecule has 3 nitrogen and oxygen atoms in total. The molecule has 1 fully saturated rings. The quantitative estimate of drug-likeness (QED) is 0.808. The summed E-state index contributed by atoms with van der Waals surface area (Å²) >= 11 is 1.70. The fraction of sp³-hybridized carbons (Fsp3) is 0.250. The van der Waals surface area contributed by atoms with Crippen LogP contribution in [-0.4, -0.2) is 16.6 Å². The Morgan fingerprint density at radius 2 is 2.05 bits per heavy atom. The maximum atomic E-state index is 12.1. The smallest absolute Gasteiger partial charge is 0.234 e. The average Bonchev–Trinajstić information content (AvgIpc) is 2.82. The molecule has 20 heavy (non-hydrogen) atoms. The minimum absolute atomic E-state index is 0.120. The molecule has 0 aliphatic carbocycles. The summed E-state index contributed by atoms with van der Waals surface area (Å²) in [7, 11) is 2.01. The molecule has 0 saturated carbocycles. The Labute approximate surface area is 123 Å². The van der Waals surface area contributed by atoms with Crippen LogP contribution in [0.5, 0.6) is 0 Å². The Morgan fingerprint density at radius 1 is 1.25 bits per heavy atom. The van der Waals surface area contributed by atoms with Crippen LogP contribution >= 0.6 is 11.8 Å². The molecule has 0 spiro atoms. The maximum absolute atomic E-state index is 12.1. The highest BCUT2D eigenvalue weighted by atomic mass is 32.2. The number of pyridine rings is 1. The van der Waals surface area contributed by atoms with E-state index in [0.29, 0.717) is 12.3 Å². The van der Waals surface area contributed by atoms with E-state index in [1.54, 1.807) is 11.8 Å². The van der Waals surface area contributed by atoms with Gasteiger partial charge in [-0.15, -0.1) is 11.8 Å². The Kier molecular flexibility index (Phi) is 3.74. The van der Waals surface area contributed by atoms with Crippen LogP contribution in [0.3, 0.4) is 0 Å². The molecule has 0 N–H and O–H groups in total. The molecule has 0 radical (unpaired) electrons. The van der Waals surface area contributed by atoms with Gasteiger partial charge in [-0.2, -0.15) is 0 Å². The summed E-state index contributed by atoms with van der Waals surface area (Å²) in [5.74, 6) is 0.784.